The number of nitrogens with one attached hydrogen (secondary N) is 2. The molecule has 1 fully saturated rings. The number of methoxy groups -OCH3 is 1. The van der Waals surface area contributed by atoms with Crippen LogP contribution in [-0.4, -0.2) is 74.8 Å². The number of aliphatic imine (C=N–C) groups is 1. The predicted octanol–water partition coefficient (Wildman–Crippen LogP) is 0.210. The smallest absolute Gasteiger partial charge is 0.242 e. The topological polar surface area (TPSA) is 69.2 Å². The zero-order chi connectivity index (χ0) is 16.5. The van der Waals surface area contributed by atoms with Gasteiger partial charge in [-0.15, -0.1) is 0 Å². The van der Waals surface area contributed by atoms with E-state index in [1.807, 2.05) is 30.8 Å². The number of carbonyl (C=O) groups excluding carboxylic acids is 1. The van der Waals surface area contributed by atoms with Gasteiger partial charge in [-0.3, -0.25) is 15.4 Å². The lowest BCUT2D eigenvalue weighted by molar-refractivity contribution is -0.132. The third-order valence-corrected chi connectivity index (χ3v) is 3.94. The Morgan fingerprint density at radius 3 is 2.68 bits per heavy atom. The van der Waals surface area contributed by atoms with Crippen molar-refractivity contribution in [3.05, 3.63) is 12.8 Å². The number of likely N-dealkylation sites (tertiary alicyclic amines) is 1. The number of piperidine rings is 1. The molecule has 22 heavy (non-hydrogen) atoms. The summed E-state index contributed by atoms with van der Waals surface area (Å²) in [6, 6.07) is 0.364. The van der Waals surface area contributed by atoms with E-state index in [1.54, 1.807) is 7.11 Å². The summed E-state index contributed by atoms with van der Waals surface area (Å²) in [6.45, 7) is 7.31. The van der Waals surface area contributed by atoms with Crippen LogP contribution < -0.4 is 10.6 Å². The molecule has 0 bridgehead atoms. The normalized spacial score (nSPS) is 18.2. The van der Waals surface area contributed by atoms with Crippen molar-refractivity contribution in [2.24, 2.45) is 4.99 Å². The molecule has 0 radical (unpaired) electrons. The van der Waals surface area contributed by atoms with E-state index in [2.05, 4.69) is 22.2 Å². The first-order valence-electron chi connectivity index (χ1n) is 7.62. The van der Waals surface area contributed by atoms with E-state index in [1.165, 1.54) is 6.20 Å². The zero-order valence-corrected chi connectivity index (χ0v) is 14.1. The average molecular weight is 311 g/mol. The second-order valence-corrected chi connectivity index (χ2v) is 5.44. The van der Waals surface area contributed by atoms with Gasteiger partial charge in [0.15, 0.2) is 6.35 Å². The van der Waals surface area contributed by atoms with Crippen molar-refractivity contribution in [1.29, 1.82) is 0 Å². The highest BCUT2D eigenvalue weighted by Crippen LogP contribution is 2.11. The van der Waals surface area contributed by atoms with Crippen LogP contribution in [0.25, 0.3) is 0 Å². The highest BCUT2D eigenvalue weighted by molar-refractivity contribution is 5.86. The van der Waals surface area contributed by atoms with Crippen molar-refractivity contribution in [2.45, 2.75) is 32.2 Å². The van der Waals surface area contributed by atoms with E-state index < -0.39 is 0 Å². The van der Waals surface area contributed by atoms with Crippen molar-refractivity contribution < 1.29 is 9.53 Å². The number of amides is 1. The minimum atomic E-state index is -0.142. The van der Waals surface area contributed by atoms with E-state index in [0.717, 1.165) is 31.8 Å². The maximum atomic E-state index is 12.3. The van der Waals surface area contributed by atoms with Gasteiger partial charge in [-0.1, -0.05) is 6.58 Å². The van der Waals surface area contributed by atoms with Crippen LogP contribution >= 0.6 is 0 Å². The number of amidine groups is 1. The van der Waals surface area contributed by atoms with E-state index in [9.17, 15) is 4.79 Å². The SMILES string of the molecule is C=C/N=C(/C)N(C)CC(=O)N1CCC(NC(NC)OC)CC1. The van der Waals surface area contributed by atoms with Crippen LogP contribution in [-0.2, 0) is 9.53 Å². The summed E-state index contributed by atoms with van der Waals surface area (Å²) in [5.41, 5.74) is 0. The van der Waals surface area contributed by atoms with Gasteiger partial charge in [0.1, 0.15) is 5.84 Å². The Bertz CT molecular complexity index is 387. The zero-order valence-electron chi connectivity index (χ0n) is 14.1. The minimum Gasteiger partial charge on any atom is -0.354 e. The molecule has 1 unspecified atom stereocenters. The molecule has 1 saturated heterocycles. The van der Waals surface area contributed by atoms with E-state index in [-0.39, 0.29) is 12.3 Å². The van der Waals surface area contributed by atoms with Gasteiger partial charge in [0.25, 0.3) is 0 Å². The number of rotatable bonds is 7. The van der Waals surface area contributed by atoms with Crippen molar-refractivity contribution >= 4 is 11.7 Å². The van der Waals surface area contributed by atoms with Gasteiger partial charge in [0.2, 0.25) is 5.91 Å². The van der Waals surface area contributed by atoms with Gasteiger partial charge < -0.3 is 14.5 Å². The Hall–Kier alpha value is -1.44. The fraction of sp³-hybridized carbons (Fsp3) is 0.733. The molecule has 0 saturated carbocycles. The molecule has 2 N–H and O–H groups in total. The third kappa shape index (κ3) is 5.75. The lowest BCUT2D eigenvalue weighted by atomic mass is 10.1. The van der Waals surface area contributed by atoms with Gasteiger partial charge in [-0.05, 0) is 26.8 Å². The van der Waals surface area contributed by atoms with E-state index >= 15 is 0 Å². The molecular formula is C15H29N5O2. The molecule has 1 aliphatic rings. The van der Waals surface area contributed by atoms with Gasteiger partial charge >= 0.3 is 0 Å². The molecule has 7 heteroatoms. The number of likely N-dealkylation sites (N-methyl/N-ethyl adjacent to an activating group) is 1. The molecule has 0 aromatic rings. The van der Waals surface area contributed by atoms with Crippen molar-refractivity contribution in [1.82, 2.24) is 20.4 Å². The van der Waals surface area contributed by atoms with Gasteiger partial charge in [-0.25, -0.2) is 4.99 Å². The second-order valence-electron chi connectivity index (χ2n) is 5.44. The number of hydrogen-bond acceptors (Lipinski definition) is 5. The van der Waals surface area contributed by atoms with Crippen LogP contribution in [0.5, 0.6) is 0 Å². The summed E-state index contributed by atoms with van der Waals surface area (Å²) in [5, 5.41) is 6.42. The standard InChI is InChI=1S/C15H29N5O2/c1-6-17-12(2)19(4)11-14(21)20-9-7-13(8-10-20)18-15(16-3)22-5/h6,13,15-16,18H,1,7-11H2,2-5H3/b17-12-. The summed E-state index contributed by atoms with van der Waals surface area (Å²) in [5.74, 6) is 0.924. The average Bonchev–Trinajstić information content (AvgIpc) is 2.53. The molecule has 1 amide bonds. The van der Waals surface area contributed by atoms with Crippen LogP contribution in [0.1, 0.15) is 19.8 Å². The molecule has 0 aromatic carbocycles. The quantitative estimate of drug-likeness (QED) is 0.400. The van der Waals surface area contributed by atoms with E-state index in [0.29, 0.717) is 12.6 Å². The number of ether oxygens (including phenoxy) is 1. The third-order valence-electron chi connectivity index (χ3n) is 3.94. The predicted molar refractivity (Wildman–Crippen MR) is 88.5 cm³/mol. The maximum Gasteiger partial charge on any atom is 0.242 e. The summed E-state index contributed by atoms with van der Waals surface area (Å²) in [7, 11) is 5.38. The molecule has 0 spiro atoms. The molecule has 0 aromatic heterocycles. The van der Waals surface area contributed by atoms with Crippen LogP contribution in [0.3, 0.4) is 0 Å². The number of hydrogen-bond donors (Lipinski definition) is 2. The monoisotopic (exact) mass is 311 g/mol. The van der Waals surface area contributed by atoms with Gasteiger partial charge in [-0.2, -0.15) is 0 Å². The largest absolute Gasteiger partial charge is 0.354 e. The number of nitrogens with zero attached hydrogens (tertiary/aromatic N) is 3. The lowest BCUT2D eigenvalue weighted by Crippen LogP contribution is -2.52. The Morgan fingerprint density at radius 2 is 2.18 bits per heavy atom. The highest BCUT2D eigenvalue weighted by Gasteiger charge is 2.24. The van der Waals surface area contributed by atoms with Crippen molar-refractivity contribution in [3.8, 4) is 0 Å². The first kappa shape index (κ1) is 18.6. The molecule has 1 aliphatic heterocycles. The molecule has 0 aliphatic carbocycles. The number of carbonyl (C=O) groups is 1. The molecule has 1 atom stereocenters. The summed E-state index contributed by atoms with van der Waals surface area (Å²) < 4.78 is 5.25. The fourth-order valence-electron chi connectivity index (χ4n) is 2.43. The maximum absolute atomic E-state index is 12.3. The Labute approximate surface area is 133 Å². The second kappa shape index (κ2) is 9.55. The highest BCUT2D eigenvalue weighted by atomic mass is 16.5. The Morgan fingerprint density at radius 1 is 1.55 bits per heavy atom. The first-order valence-corrected chi connectivity index (χ1v) is 7.62. The first-order chi connectivity index (χ1) is 10.5. The Balaban J connectivity index is 2.39. The van der Waals surface area contributed by atoms with Crippen molar-refractivity contribution in [2.75, 3.05) is 40.8 Å². The summed E-state index contributed by atoms with van der Waals surface area (Å²) in [6.07, 6.45) is 3.20. The molecule has 7 nitrogen and oxygen atoms in total. The lowest BCUT2D eigenvalue weighted by Gasteiger charge is -2.35. The van der Waals surface area contributed by atoms with Gasteiger partial charge in [0, 0.05) is 39.5 Å². The van der Waals surface area contributed by atoms with Crippen LogP contribution in [0.15, 0.2) is 17.8 Å². The van der Waals surface area contributed by atoms with Crippen molar-refractivity contribution in [3.63, 3.8) is 0 Å². The van der Waals surface area contributed by atoms with Crippen LogP contribution in [0.4, 0.5) is 0 Å². The van der Waals surface area contributed by atoms with Crippen LogP contribution in [0.2, 0.25) is 0 Å². The molecule has 126 valence electrons. The summed E-state index contributed by atoms with van der Waals surface area (Å²) >= 11 is 0. The Kier molecular flexibility index (Phi) is 8.08. The minimum absolute atomic E-state index is 0.136. The summed E-state index contributed by atoms with van der Waals surface area (Å²) in [4.78, 5) is 20.2. The fourth-order valence-corrected chi connectivity index (χ4v) is 2.43. The molecular weight excluding hydrogens is 282 g/mol. The molecule has 1 rings (SSSR count). The van der Waals surface area contributed by atoms with Crippen LogP contribution in [0, 0.1) is 0 Å². The van der Waals surface area contributed by atoms with Gasteiger partial charge in [0.05, 0.1) is 6.54 Å². The molecule has 1 heterocycles. The van der Waals surface area contributed by atoms with E-state index in [4.69, 9.17) is 4.74 Å².